The summed E-state index contributed by atoms with van der Waals surface area (Å²) < 4.78 is 43.4. The monoisotopic (exact) mass is 830 g/mol. The quantitative estimate of drug-likeness (QED) is 0.147. The van der Waals surface area contributed by atoms with E-state index < -0.39 is 78.3 Å². The van der Waals surface area contributed by atoms with E-state index in [1.165, 1.54) is 21.3 Å². The lowest BCUT2D eigenvalue weighted by molar-refractivity contribution is -0.187. The van der Waals surface area contributed by atoms with Crippen LogP contribution in [0.5, 0.6) is 0 Å². The van der Waals surface area contributed by atoms with Gasteiger partial charge in [-0.25, -0.2) is 9.59 Å². The molecule has 318 valence electrons. The van der Waals surface area contributed by atoms with Gasteiger partial charge in [-0.05, 0) is 42.0 Å². The van der Waals surface area contributed by atoms with Crippen LogP contribution >= 0.6 is 0 Å². The van der Waals surface area contributed by atoms with Crippen molar-refractivity contribution in [2.45, 2.75) is 88.6 Å². The second-order valence-electron chi connectivity index (χ2n) is 14.6. The van der Waals surface area contributed by atoms with E-state index in [0.29, 0.717) is 22.4 Å². The van der Waals surface area contributed by atoms with Gasteiger partial charge in [0.2, 0.25) is 12.0 Å². The molecule has 1 amide bonds. The third-order valence-corrected chi connectivity index (χ3v) is 10.6. The third-order valence-electron chi connectivity index (χ3n) is 10.6. The molecule has 2 aromatic carbocycles. The number of aromatic nitrogens is 1. The number of benzene rings is 2. The first-order valence-electron chi connectivity index (χ1n) is 19.2. The van der Waals surface area contributed by atoms with Crippen molar-refractivity contribution in [2.75, 3.05) is 27.9 Å². The maximum atomic E-state index is 13.9. The maximum Gasteiger partial charge on any atom is 0.355 e. The van der Waals surface area contributed by atoms with Gasteiger partial charge < -0.3 is 48.2 Å². The minimum absolute atomic E-state index is 0.00446. The molecular formula is C43H46N2O15. The largest absolute Gasteiger partial charge is 0.469 e. The van der Waals surface area contributed by atoms with Crippen molar-refractivity contribution < 1.29 is 71.5 Å². The minimum atomic E-state index is -1.50. The molecule has 0 radical (unpaired) electrons. The topological polar surface area (TPSA) is 221 Å². The zero-order chi connectivity index (χ0) is 43.0. The van der Waals surface area contributed by atoms with Gasteiger partial charge in [-0.3, -0.25) is 24.0 Å². The van der Waals surface area contributed by atoms with Gasteiger partial charge in [0.1, 0.15) is 31.1 Å². The summed E-state index contributed by atoms with van der Waals surface area (Å²) in [5, 5.41) is 2.93. The van der Waals surface area contributed by atoms with Crippen molar-refractivity contribution in [3.05, 3.63) is 105 Å². The summed E-state index contributed by atoms with van der Waals surface area (Å²) in [6.45, 7) is 1.43. The number of amides is 1. The summed E-state index contributed by atoms with van der Waals surface area (Å²) in [6, 6.07) is 18.0. The molecule has 5 atom stereocenters. The first-order chi connectivity index (χ1) is 28.8. The van der Waals surface area contributed by atoms with Gasteiger partial charge in [-0.2, -0.15) is 0 Å². The lowest BCUT2D eigenvalue weighted by Gasteiger charge is -2.31. The molecule has 60 heavy (non-hydrogen) atoms. The van der Waals surface area contributed by atoms with E-state index in [0.717, 1.165) is 0 Å². The van der Waals surface area contributed by atoms with Crippen molar-refractivity contribution in [3.63, 3.8) is 0 Å². The summed E-state index contributed by atoms with van der Waals surface area (Å²) in [6.07, 6.45) is -5.57. The molecule has 0 aliphatic carbocycles. The summed E-state index contributed by atoms with van der Waals surface area (Å²) >= 11 is 0. The Bertz CT molecular complexity index is 2150. The number of methoxy groups -OCH3 is 3. The standard InChI is InChI=1S/C43H46N2O15/c1-43(21-30-26(15-17-32(46)53-2)28(19-34(48)55-4)36(44-30)40(51)56-22-24-11-7-5-8-12-24)29(27(39(50)45-43)16-18-33(47)54-3)20-35(49)59-38-37-31(23-57-41(38)52)58-42(60-37)25-13-9-6-10-14-25/h5-14,31,37-38,42,44H,15-23H2,1-4H3,(H,45,50)/t31-,37-,38-,42-,43+/m1/s1. The number of esters is 6. The molecule has 2 saturated heterocycles. The van der Waals surface area contributed by atoms with Crippen LogP contribution in [-0.2, 0) is 92.5 Å². The minimum Gasteiger partial charge on any atom is -0.469 e. The number of hydrogen-bond donors (Lipinski definition) is 2. The molecule has 6 rings (SSSR count). The first kappa shape index (κ1) is 43.3. The predicted molar refractivity (Wildman–Crippen MR) is 205 cm³/mol. The SMILES string of the molecule is COC(=O)CCC1=C(CC(=O)O[C@H]2C(=O)OC[C@H]3O[C@@H](c4ccccc4)O[C@H]32)[C@](C)(Cc2[nH]c(C(=O)OCc3ccccc3)c(CC(=O)OC)c2CCC(=O)OC)NC1=O. The third kappa shape index (κ3) is 9.92. The number of nitrogens with one attached hydrogen (secondary N) is 2. The van der Waals surface area contributed by atoms with Crippen molar-refractivity contribution >= 4 is 41.7 Å². The van der Waals surface area contributed by atoms with Crippen LogP contribution in [0.15, 0.2) is 71.8 Å². The van der Waals surface area contributed by atoms with Crippen LogP contribution in [0.3, 0.4) is 0 Å². The van der Waals surface area contributed by atoms with E-state index in [4.69, 9.17) is 37.9 Å². The summed E-state index contributed by atoms with van der Waals surface area (Å²) in [7, 11) is 3.62. The van der Waals surface area contributed by atoms with Crippen LogP contribution in [0.25, 0.3) is 0 Å². The highest BCUT2D eigenvalue weighted by Gasteiger charge is 2.52. The summed E-state index contributed by atoms with van der Waals surface area (Å²) in [5.74, 6) is -4.98. The van der Waals surface area contributed by atoms with Gasteiger partial charge in [0.05, 0.1) is 39.7 Å². The Hall–Kier alpha value is -6.33. The molecule has 2 fully saturated rings. The zero-order valence-corrected chi connectivity index (χ0v) is 33.6. The Morgan fingerprint density at radius 1 is 0.783 bits per heavy atom. The summed E-state index contributed by atoms with van der Waals surface area (Å²) in [5.41, 5.74) is 1.18. The van der Waals surface area contributed by atoms with Crippen molar-refractivity contribution in [1.29, 1.82) is 0 Å². The van der Waals surface area contributed by atoms with Gasteiger partial charge in [-0.1, -0.05) is 60.7 Å². The van der Waals surface area contributed by atoms with Crippen LogP contribution in [-0.4, -0.2) is 98.5 Å². The van der Waals surface area contributed by atoms with Crippen LogP contribution < -0.4 is 5.32 Å². The number of carbonyl (C=O) groups is 7. The number of H-pyrrole nitrogens is 1. The Balaban J connectivity index is 1.33. The van der Waals surface area contributed by atoms with E-state index in [2.05, 4.69) is 10.3 Å². The predicted octanol–water partition coefficient (Wildman–Crippen LogP) is 3.22. The molecule has 17 heteroatoms. The molecule has 0 saturated carbocycles. The van der Waals surface area contributed by atoms with Crippen molar-refractivity contribution in [2.24, 2.45) is 0 Å². The Morgan fingerprint density at radius 2 is 1.43 bits per heavy atom. The van der Waals surface area contributed by atoms with Crippen LogP contribution in [0.2, 0.25) is 0 Å². The Labute approximate surface area is 344 Å². The number of hydrogen-bond acceptors (Lipinski definition) is 15. The number of fused-ring (bicyclic) bond motifs is 1. The van der Waals surface area contributed by atoms with E-state index in [1.54, 1.807) is 55.5 Å². The van der Waals surface area contributed by atoms with Crippen molar-refractivity contribution in [3.8, 4) is 0 Å². The fourth-order valence-corrected chi connectivity index (χ4v) is 7.56. The van der Waals surface area contributed by atoms with Gasteiger partial charge in [-0.15, -0.1) is 0 Å². The second-order valence-corrected chi connectivity index (χ2v) is 14.6. The van der Waals surface area contributed by atoms with Crippen LogP contribution in [0.1, 0.15) is 77.3 Å². The number of aromatic amines is 1. The van der Waals surface area contributed by atoms with Gasteiger partial charge >= 0.3 is 35.8 Å². The lowest BCUT2D eigenvalue weighted by Crippen LogP contribution is -2.51. The highest BCUT2D eigenvalue weighted by Crippen LogP contribution is 2.39. The van der Waals surface area contributed by atoms with E-state index in [9.17, 15) is 33.6 Å². The molecule has 4 heterocycles. The van der Waals surface area contributed by atoms with Crippen LogP contribution in [0.4, 0.5) is 0 Å². The fraction of sp³-hybridized carbons (Fsp3) is 0.419. The van der Waals surface area contributed by atoms with Crippen molar-refractivity contribution in [1.82, 2.24) is 10.3 Å². The number of ether oxygens (including phenoxy) is 8. The number of cyclic esters (lactones) is 1. The zero-order valence-electron chi connectivity index (χ0n) is 33.6. The van der Waals surface area contributed by atoms with Gasteiger partial charge in [0.15, 0.2) is 6.29 Å². The second kappa shape index (κ2) is 19.2. The van der Waals surface area contributed by atoms with Crippen LogP contribution in [0, 0.1) is 0 Å². The first-order valence-corrected chi connectivity index (χ1v) is 19.2. The molecule has 0 bridgehead atoms. The summed E-state index contributed by atoms with van der Waals surface area (Å²) in [4.78, 5) is 95.1. The normalized spacial score (nSPS) is 22.0. The molecule has 0 spiro atoms. The van der Waals surface area contributed by atoms with Gasteiger partial charge in [0, 0.05) is 36.1 Å². The molecule has 3 aliphatic heterocycles. The molecule has 0 unspecified atom stereocenters. The van der Waals surface area contributed by atoms with E-state index in [-0.39, 0.29) is 74.1 Å². The highest BCUT2D eigenvalue weighted by molar-refractivity contribution is 6.00. The molecule has 1 aromatic heterocycles. The lowest BCUT2D eigenvalue weighted by atomic mass is 9.83. The smallest absolute Gasteiger partial charge is 0.355 e. The molecule has 17 nitrogen and oxygen atoms in total. The highest BCUT2D eigenvalue weighted by atomic mass is 16.8. The fourth-order valence-electron chi connectivity index (χ4n) is 7.56. The molecule has 3 aromatic rings. The molecule has 2 N–H and O–H groups in total. The van der Waals surface area contributed by atoms with Gasteiger partial charge in [0.25, 0.3) is 0 Å². The Kier molecular flexibility index (Phi) is 13.8. The average Bonchev–Trinajstić information content (AvgIpc) is 3.90. The maximum absolute atomic E-state index is 13.9. The number of carbonyl (C=O) groups excluding carboxylic acids is 7. The van der Waals surface area contributed by atoms with E-state index in [1.807, 2.05) is 12.1 Å². The van der Waals surface area contributed by atoms with E-state index >= 15 is 0 Å². The average molecular weight is 831 g/mol. The Morgan fingerprint density at radius 3 is 2.10 bits per heavy atom. The number of rotatable bonds is 17. The molecular weight excluding hydrogens is 784 g/mol. The molecule has 3 aliphatic rings.